The van der Waals surface area contributed by atoms with E-state index in [1.807, 2.05) is 25.1 Å². The minimum atomic E-state index is -0.225. The molecule has 1 aliphatic carbocycles. The number of rotatable bonds is 6. The highest BCUT2D eigenvalue weighted by Crippen LogP contribution is 2.32. The Labute approximate surface area is 180 Å². The third-order valence-electron chi connectivity index (χ3n) is 5.86. The lowest BCUT2D eigenvalue weighted by Gasteiger charge is -2.18. The Bertz CT molecular complexity index is 1190. The van der Waals surface area contributed by atoms with E-state index in [9.17, 15) is 9.59 Å². The van der Waals surface area contributed by atoms with Gasteiger partial charge in [-0.2, -0.15) is 10.4 Å². The molecule has 3 heterocycles. The van der Waals surface area contributed by atoms with Crippen molar-refractivity contribution in [1.29, 1.82) is 5.26 Å². The topological polar surface area (TPSA) is 112 Å². The molecule has 8 nitrogen and oxygen atoms in total. The highest BCUT2D eigenvalue weighted by molar-refractivity contribution is 5.99. The Morgan fingerprint density at radius 1 is 1.26 bits per heavy atom. The first-order valence-electron chi connectivity index (χ1n) is 10.4. The average Bonchev–Trinajstić information content (AvgIpc) is 3.44. The molecule has 2 atom stereocenters. The normalized spacial score (nSPS) is 18.0. The number of hydrogen-bond acceptors (Lipinski definition) is 6. The van der Waals surface area contributed by atoms with Crippen LogP contribution >= 0.6 is 0 Å². The van der Waals surface area contributed by atoms with Gasteiger partial charge in [0.1, 0.15) is 11.9 Å². The Morgan fingerprint density at radius 2 is 2.10 bits per heavy atom. The zero-order chi connectivity index (χ0) is 22.0. The summed E-state index contributed by atoms with van der Waals surface area (Å²) in [5.41, 5.74) is 3.83. The van der Waals surface area contributed by atoms with Crippen molar-refractivity contribution in [2.75, 3.05) is 12.4 Å². The number of hydrogen-bond donors (Lipinski definition) is 2. The van der Waals surface area contributed by atoms with Gasteiger partial charge in [0, 0.05) is 31.6 Å². The first-order valence-corrected chi connectivity index (χ1v) is 10.4. The maximum Gasteiger partial charge on any atom is 0.254 e. The van der Waals surface area contributed by atoms with E-state index in [2.05, 4.69) is 26.8 Å². The van der Waals surface area contributed by atoms with Crippen LogP contribution < -0.4 is 10.6 Å². The molecule has 0 spiro atoms. The molecule has 1 amide bonds. The summed E-state index contributed by atoms with van der Waals surface area (Å²) in [5, 5.41) is 19.6. The zero-order valence-corrected chi connectivity index (χ0v) is 17.6. The van der Waals surface area contributed by atoms with E-state index >= 15 is 0 Å². The van der Waals surface area contributed by atoms with Crippen LogP contribution in [0.25, 0.3) is 16.9 Å². The van der Waals surface area contributed by atoms with Crippen molar-refractivity contribution in [3.63, 3.8) is 0 Å². The quantitative estimate of drug-likeness (QED) is 0.638. The van der Waals surface area contributed by atoms with Gasteiger partial charge < -0.3 is 10.6 Å². The van der Waals surface area contributed by atoms with Crippen molar-refractivity contribution in [3.05, 3.63) is 47.8 Å². The van der Waals surface area contributed by atoms with Gasteiger partial charge in [0.15, 0.2) is 0 Å². The van der Waals surface area contributed by atoms with Gasteiger partial charge in [-0.15, -0.1) is 0 Å². The van der Waals surface area contributed by atoms with Gasteiger partial charge in [0.2, 0.25) is 0 Å². The molecule has 1 fully saturated rings. The fourth-order valence-electron chi connectivity index (χ4n) is 4.20. The highest BCUT2D eigenvalue weighted by Gasteiger charge is 2.29. The van der Waals surface area contributed by atoms with Crippen LogP contribution in [-0.4, -0.2) is 39.4 Å². The summed E-state index contributed by atoms with van der Waals surface area (Å²) in [5.74, 6) is 0.159. The molecule has 2 N–H and O–H groups in total. The van der Waals surface area contributed by atoms with E-state index in [4.69, 9.17) is 5.26 Å². The monoisotopic (exact) mass is 416 g/mol. The third-order valence-corrected chi connectivity index (χ3v) is 5.86. The second-order valence-corrected chi connectivity index (χ2v) is 7.78. The van der Waals surface area contributed by atoms with Crippen LogP contribution in [0.5, 0.6) is 0 Å². The van der Waals surface area contributed by atoms with Crippen LogP contribution in [0.2, 0.25) is 0 Å². The average molecular weight is 416 g/mol. The molecule has 0 saturated heterocycles. The van der Waals surface area contributed by atoms with Crippen molar-refractivity contribution in [3.8, 4) is 17.5 Å². The number of carbonyl (C=O) groups is 2. The second kappa shape index (κ2) is 8.56. The summed E-state index contributed by atoms with van der Waals surface area (Å²) < 4.78 is 1.72. The first-order chi connectivity index (χ1) is 15.0. The lowest BCUT2D eigenvalue weighted by Crippen LogP contribution is -2.23. The molecule has 0 aromatic carbocycles. The molecule has 1 aliphatic rings. The molecule has 0 aliphatic heterocycles. The first kappa shape index (κ1) is 20.5. The smallest absolute Gasteiger partial charge is 0.254 e. The van der Waals surface area contributed by atoms with E-state index in [1.54, 1.807) is 23.8 Å². The summed E-state index contributed by atoms with van der Waals surface area (Å²) in [6.07, 6.45) is 6.15. The summed E-state index contributed by atoms with van der Waals surface area (Å²) in [6, 6.07) is 9.59. The fourth-order valence-corrected chi connectivity index (χ4v) is 4.20. The van der Waals surface area contributed by atoms with Crippen LogP contribution in [0.1, 0.15) is 48.5 Å². The van der Waals surface area contributed by atoms with Gasteiger partial charge >= 0.3 is 0 Å². The minimum Gasteiger partial charge on any atom is -0.382 e. The largest absolute Gasteiger partial charge is 0.382 e. The van der Waals surface area contributed by atoms with Crippen LogP contribution in [-0.2, 0) is 4.79 Å². The summed E-state index contributed by atoms with van der Waals surface area (Å²) in [7, 11) is 1.59. The number of pyridine rings is 1. The number of fused-ring (bicyclic) bond motifs is 1. The standard InChI is InChI=1S/C23H24N6O2/c1-3-22(30)15-4-5-16(9-15)28-19-10-20(26-13-18(19)23(31)25-2)21-7-6-17-8-14(11-24)12-27-29(17)21/h6-8,10,12-13,15-16H,3-5,9H2,1-2H3,(H,25,31)(H,26,28)/t15-,16+/m0/s1. The lowest BCUT2D eigenvalue weighted by molar-refractivity contribution is -0.122. The number of nitriles is 1. The number of aromatic nitrogens is 3. The predicted molar refractivity (Wildman–Crippen MR) is 117 cm³/mol. The van der Waals surface area contributed by atoms with Crippen molar-refractivity contribution in [2.45, 2.75) is 38.6 Å². The molecule has 4 rings (SSSR count). The second-order valence-electron chi connectivity index (χ2n) is 7.78. The Balaban J connectivity index is 1.68. The molecule has 3 aromatic rings. The molecule has 31 heavy (non-hydrogen) atoms. The third kappa shape index (κ3) is 3.99. The molecule has 0 radical (unpaired) electrons. The van der Waals surface area contributed by atoms with Crippen LogP contribution in [0.3, 0.4) is 0 Å². The molecule has 1 saturated carbocycles. The summed E-state index contributed by atoms with van der Waals surface area (Å²) in [6.45, 7) is 1.90. The molecular weight excluding hydrogens is 392 g/mol. The minimum absolute atomic E-state index is 0.0837. The van der Waals surface area contributed by atoms with E-state index < -0.39 is 0 Å². The van der Waals surface area contributed by atoms with Gasteiger partial charge in [-0.25, -0.2) is 4.52 Å². The number of nitrogens with one attached hydrogen (secondary N) is 2. The molecule has 0 unspecified atom stereocenters. The summed E-state index contributed by atoms with van der Waals surface area (Å²) >= 11 is 0. The van der Waals surface area contributed by atoms with Crippen LogP contribution in [0, 0.1) is 17.2 Å². The number of anilines is 1. The molecule has 0 bridgehead atoms. The van der Waals surface area contributed by atoms with Gasteiger partial charge in [0.25, 0.3) is 5.91 Å². The number of ketones is 1. The fraction of sp³-hybridized carbons (Fsp3) is 0.348. The van der Waals surface area contributed by atoms with Crippen molar-refractivity contribution in [2.24, 2.45) is 5.92 Å². The van der Waals surface area contributed by atoms with Crippen LogP contribution in [0.15, 0.2) is 36.7 Å². The van der Waals surface area contributed by atoms with Crippen molar-refractivity contribution in [1.82, 2.24) is 19.9 Å². The lowest BCUT2D eigenvalue weighted by atomic mass is 10.0. The van der Waals surface area contributed by atoms with Gasteiger partial charge in [-0.3, -0.25) is 14.6 Å². The van der Waals surface area contributed by atoms with E-state index in [0.717, 1.165) is 30.5 Å². The Hall–Kier alpha value is -3.73. The molecule has 3 aromatic heterocycles. The Kier molecular flexibility index (Phi) is 5.67. The molecule has 158 valence electrons. The number of Topliss-reactive ketones (excluding diaryl/α,β-unsaturated/α-hetero) is 1. The van der Waals surface area contributed by atoms with E-state index in [0.29, 0.717) is 34.7 Å². The summed E-state index contributed by atoms with van der Waals surface area (Å²) in [4.78, 5) is 29.0. The SMILES string of the molecule is CCC(=O)[C@H]1CC[C@@H](Nc2cc(-c3ccc4cc(C#N)cnn34)ncc2C(=O)NC)C1. The molecule has 8 heteroatoms. The maximum absolute atomic E-state index is 12.4. The highest BCUT2D eigenvalue weighted by atomic mass is 16.1. The number of carbonyl (C=O) groups excluding carboxylic acids is 2. The van der Waals surface area contributed by atoms with E-state index in [1.165, 1.54) is 6.20 Å². The van der Waals surface area contributed by atoms with Gasteiger partial charge in [-0.1, -0.05) is 6.92 Å². The van der Waals surface area contributed by atoms with Crippen LogP contribution in [0.4, 0.5) is 5.69 Å². The van der Waals surface area contributed by atoms with Gasteiger partial charge in [-0.05, 0) is 43.5 Å². The van der Waals surface area contributed by atoms with Crippen molar-refractivity contribution < 1.29 is 9.59 Å². The van der Waals surface area contributed by atoms with Crippen molar-refractivity contribution >= 4 is 22.9 Å². The molecular formula is C23H24N6O2. The predicted octanol–water partition coefficient (Wildman–Crippen LogP) is 3.19. The maximum atomic E-state index is 12.4. The number of nitrogens with zero attached hydrogens (tertiary/aromatic N) is 4. The Morgan fingerprint density at radius 3 is 2.84 bits per heavy atom. The van der Waals surface area contributed by atoms with E-state index in [-0.39, 0.29) is 17.9 Å². The zero-order valence-electron chi connectivity index (χ0n) is 17.6. The van der Waals surface area contributed by atoms with Gasteiger partial charge in [0.05, 0.1) is 39.9 Å². The number of amides is 1.